The van der Waals surface area contributed by atoms with Crippen molar-refractivity contribution in [2.45, 2.75) is 46.1 Å². The molecule has 0 aliphatic heterocycles. The van der Waals surface area contributed by atoms with Crippen LogP contribution in [-0.4, -0.2) is 31.6 Å². The van der Waals surface area contributed by atoms with Gasteiger partial charge < -0.3 is 14.8 Å². The Morgan fingerprint density at radius 3 is 2.35 bits per heavy atom. The molecule has 0 bridgehead atoms. The summed E-state index contributed by atoms with van der Waals surface area (Å²) in [4.78, 5) is 23.8. The molecule has 5 heteroatoms. The van der Waals surface area contributed by atoms with Crippen LogP contribution in [0.15, 0.2) is 24.3 Å². The van der Waals surface area contributed by atoms with Crippen molar-refractivity contribution in [3.8, 4) is 5.75 Å². The lowest BCUT2D eigenvalue weighted by Gasteiger charge is -2.18. The van der Waals surface area contributed by atoms with E-state index in [-0.39, 0.29) is 5.91 Å². The number of hydrogen-bond acceptors (Lipinski definition) is 4. The summed E-state index contributed by atoms with van der Waals surface area (Å²) in [5.74, 6) is 0.581. The summed E-state index contributed by atoms with van der Waals surface area (Å²) in [6.07, 6.45) is 1.52. The second-order valence-corrected chi connectivity index (χ2v) is 5.85. The highest BCUT2D eigenvalue weighted by Crippen LogP contribution is 2.13. The highest BCUT2D eigenvalue weighted by molar-refractivity contribution is 5.84. The second-order valence-electron chi connectivity index (χ2n) is 5.85. The maximum absolute atomic E-state index is 12.1. The Hall–Kier alpha value is -2.04. The highest BCUT2D eigenvalue weighted by atomic mass is 16.5. The lowest BCUT2D eigenvalue weighted by atomic mass is 10.0. The minimum atomic E-state index is -0.576. The number of nitrogens with one attached hydrogen (secondary N) is 1. The summed E-state index contributed by atoms with van der Waals surface area (Å²) >= 11 is 0. The zero-order chi connectivity index (χ0) is 17.2. The quantitative estimate of drug-likeness (QED) is 0.710. The van der Waals surface area contributed by atoms with E-state index in [1.807, 2.05) is 45.0 Å². The van der Waals surface area contributed by atoms with E-state index in [1.54, 1.807) is 0 Å². The van der Waals surface area contributed by atoms with Gasteiger partial charge >= 0.3 is 5.97 Å². The van der Waals surface area contributed by atoms with Gasteiger partial charge in [-0.3, -0.25) is 4.79 Å². The van der Waals surface area contributed by atoms with Crippen LogP contribution in [0.25, 0.3) is 0 Å². The van der Waals surface area contributed by atoms with Crippen molar-refractivity contribution in [1.29, 1.82) is 0 Å². The first-order valence-electron chi connectivity index (χ1n) is 8.05. The number of esters is 1. The van der Waals surface area contributed by atoms with Crippen LogP contribution in [0, 0.1) is 5.92 Å². The van der Waals surface area contributed by atoms with Crippen molar-refractivity contribution in [1.82, 2.24) is 5.32 Å². The Balaban J connectivity index is 2.49. The lowest BCUT2D eigenvalue weighted by molar-refractivity contribution is -0.145. The van der Waals surface area contributed by atoms with Crippen molar-refractivity contribution in [3.63, 3.8) is 0 Å². The molecule has 0 fully saturated rings. The Kier molecular flexibility index (Phi) is 8.16. The number of benzene rings is 1. The third kappa shape index (κ3) is 7.17. The minimum absolute atomic E-state index is 0.144. The van der Waals surface area contributed by atoms with E-state index in [9.17, 15) is 9.59 Å². The summed E-state index contributed by atoms with van der Waals surface area (Å²) in [5, 5.41) is 2.76. The van der Waals surface area contributed by atoms with Gasteiger partial charge in [0.05, 0.1) is 13.7 Å². The van der Waals surface area contributed by atoms with Gasteiger partial charge in [0.2, 0.25) is 5.91 Å². The second kappa shape index (κ2) is 9.87. The van der Waals surface area contributed by atoms with E-state index in [2.05, 4.69) is 5.32 Å². The molecule has 128 valence electrons. The molecule has 0 saturated carbocycles. The molecule has 0 aromatic heterocycles. The summed E-state index contributed by atoms with van der Waals surface area (Å²) in [6, 6.07) is 7.11. The first-order valence-corrected chi connectivity index (χ1v) is 8.05. The fourth-order valence-corrected chi connectivity index (χ4v) is 2.27. The standard InChI is InChI=1S/C18H27NO4/c1-5-23-15-9-6-14(7-10-15)8-11-17(20)19-16(12-13(2)3)18(21)22-4/h6-7,9-10,13,16H,5,8,11-12H2,1-4H3,(H,19,20). The van der Waals surface area contributed by atoms with Gasteiger partial charge in [0.25, 0.3) is 0 Å². The highest BCUT2D eigenvalue weighted by Gasteiger charge is 2.22. The fourth-order valence-electron chi connectivity index (χ4n) is 2.27. The summed E-state index contributed by atoms with van der Waals surface area (Å²) < 4.78 is 10.1. The number of carbonyl (C=O) groups excluding carboxylic acids is 2. The van der Waals surface area contributed by atoms with Crippen molar-refractivity contribution in [2.75, 3.05) is 13.7 Å². The minimum Gasteiger partial charge on any atom is -0.494 e. The molecule has 1 unspecified atom stereocenters. The number of aryl methyl sites for hydroxylation is 1. The molecular weight excluding hydrogens is 294 g/mol. The molecule has 0 aliphatic carbocycles. The maximum Gasteiger partial charge on any atom is 0.328 e. The van der Waals surface area contributed by atoms with Crippen molar-refractivity contribution < 1.29 is 19.1 Å². The number of carbonyl (C=O) groups is 2. The van der Waals surface area contributed by atoms with Gasteiger partial charge in [-0.15, -0.1) is 0 Å². The zero-order valence-corrected chi connectivity index (χ0v) is 14.4. The third-order valence-corrected chi connectivity index (χ3v) is 3.40. The monoisotopic (exact) mass is 321 g/mol. The zero-order valence-electron chi connectivity index (χ0n) is 14.4. The van der Waals surface area contributed by atoms with Crippen LogP contribution in [0.5, 0.6) is 5.75 Å². The van der Waals surface area contributed by atoms with Crippen LogP contribution < -0.4 is 10.1 Å². The van der Waals surface area contributed by atoms with E-state index in [0.29, 0.717) is 31.8 Å². The first-order chi connectivity index (χ1) is 11.0. The van der Waals surface area contributed by atoms with Gasteiger partial charge in [-0.25, -0.2) is 4.79 Å². The van der Waals surface area contributed by atoms with Crippen LogP contribution in [0.1, 0.15) is 39.2 Å². The fraction of sp³-hybridized carbons (Fsp3) is 0.556. The summed E-state index contributed by atoms with van der Waals surface area (Å²) in [7, 11) is 1.34. The molecule has 0 saturated heterocycles. The van der Waals surface area contributed by atoms with Crippen molar-refractivity contribution in [3.05, 3.63) is 29.8 Å². The molecule has 5 nitrogen and oxygen atoms in total. The molecular formula is C18H27NO4. The van der Waals surface area contributed by atoms with Crippen molar-refractivity contribution >= 4 is 11.9 Å². The van der Waals surface area contributed by atoms with Gasteiger partial charge in [-0.05, 0) is 43.4 Å². The molecule has 1 rings (SSSR count). The van der Waals surface area contributed by atoms with E-state index in [1.165, 1.54) is 7.11 Å². The molecule has 1 aromatic rings. The predicted molar refractivity (Wildman–Crippen MR) is 89.3 cm³/mol. The maximum atomic E-state index is 12.1. The molecule has 1 N–H and O–H groups in total. The van der Waals surface area contributed by atoms with Gasteiger partial charge in [-0.1, -0.05) is 26.0 Å². The topological polar surface area (TPSA) is 64.6 Å². The van der Waals surface area contributed by atoms with Crippen LogP contribution in [-0.2, 0) is 20.7 Å². The van der Waals surface area contributed by atoms with Crippen LogP contribution in [0.2, 0.25) is 0 Å². The van der Waals surface area contributed by atoms with Crippen LogP contribution >= 0.6 is 0 Å². The van der Waals surface area contributed by atoms with E-state index in [0.717, 1.165) is 11.3 Å². The molecule has 23 heavy (non-hydrogen) atoms. The smallest absolute Gasteiger partial charge is 0.328 e. The number of hydrogen-bond donors (Lipinski definition) is 1. The van der Waals surface area contributed by atoms with Gasteiger partial charge in [0.1, 0.15) is 11.8 Å². The molecule has 0 spiro atoms. The largest absolute Gasteiger partial charge is 0.494 e. The molecule has 1 aromatic carbocycles. The molecule has 1 amide bonds. The van der Waals surface area contributed by atoms with Gasteiger partial charge in [0.15, 0.2) is 0 Å². The Morgan fingerprint density at radius 1 is 1.17 bits per heavy atom. The van der Waals surface area contributed by atoms with E-state index >= 15 is 0 Å². The molecule has 0 heterocycles. The molecule has 0 aliphatic rings. The summed E-state index contributed by atoms with van der Waals surface area (Å²) in [6.45, 7) is 6.57. The van der Waals surface area contributed by atoms with E-state index < -0.39 is 12.0 Å². The third-order valence-electron chi connectivity index (χ3n) is 3.40. The van der Waals surface area contributed by atoms with Gasteiger partial charge in [0, 0.05) is 6.42 Å². The lowest BCUT2D eigenvalue weighted by Crippen LogP contribution is -2.42. The normalized spacial score (nSPS) is 11.9. The van der Waals surface area contributed by atoms with Crippen LogP contribution in [0.3, 0.4) is 0 Å². The Bertz CT molecular complexity index is 496. The Labute approximate surface area is 138 Å². The number of rotatable bonds is 9. The average Bonchev–Trinajstić information content (AvgIpc) is 2.52. The van der Waals surface area contributed by atoms with Crippen LogP contribution in [0.4, 0.5) is 0 Å². The average molecular weight is 321 g/mol. The van der Waals surface area contributed by atoms with Crippen molar-refractivity contribution in [2.24, 2.45) is 5.92 Å². The Morgan fingerprint density at radius 2 is 1.83 bits per heavy atom. The molecule has 1 atom stereocenters. The first kappa shape index (κ1) is 19.0. The number of amides is 1. The number of methoxy groups -OCH3 is 1. The number of ether oxygens (including phenoxy) is 2. The molecule has 0 radical (unpaired) electrons. The SMILES string of the molecule is CCOc1ccc(CCC(=O)NC(CC(C)C)C(=O)OC)cc1. The van der Waals surface area contributed by atoms with E-state index in [4.69, 9.17) is 9.47 Å². The summed E-state index contributed by atoms with van der Waals surface area (Å²) in [5.41, 5.74) is 1.06. The predicted octanol–water partition coefficient (Wildman–Crippen LogP) is 2.72. The van der Waals surface area contributed by atoms with Gasteiger partial charge in [-0.2, -0.15) is 0 Å².